The fourth-order valence-electron chi connectivity index (χ4n) is 3.05. The SMILES string of the molecule is O=S(=O)([O-])c1ccc(OCCCCCCCCCCOc2ccc(S(=O)(=O)[O-])cc2)cc1.[Na+].[Na+]. The molecule has 0 saturated heterocycles. The number of ether oxygens (including phenoxy) is 2. The van der Waals surface area contributed by atoms with Gasteiger partial charge in [0.15, 0.2) is 0 Å². The van der Waals surface area contributed by atoms with Crippen molar-refractivity contribution in [3.05, 3.63) is 48.5 Å². The van der Waals surface area contributed by atoms with Crippen molar-refractivity contribution in [1.82, 2.24) is 0 Å². The Kier molecular flexibility index (Phi) is 17.3. The van der Waals surface area contributed by atoms with Crippen molar-refractivity contribution >= 4 is 20.2 Å². The van der Waals surface area contributed by atoms with E-state index < -0.39 is 20.2 Å². The molecule has 0 aliphatic heterocycles. The van der Waals surface area contributed by atoms with Crippen LogP contribution in [0.15, 0.2) is 58.3 Å². The Hall–Kier alpha value is -0.140. The van der Waals surface area contributed by atoms with Crippen molar-refractivity contribution in [2.45, 2.75) is 61.2 Å². The molecule has 0 saturated carbocycles. The fraction of sp³-hybridized carbons (Fsp3) is 0.455. The van der Waals surface area contributed by atoms with Crippen molar-refractivity contribution in [1.29, 1.82) is 0 Å². The zero-order valence-corrected chi connectivity index (χ0v) is 25.4. The summed E-state index contributed by atoms with van der Waals surface area (Å²) in [6, 6.07) is 10.9. The molecule has 2 rings (SSSR count). The maximum Gasteiger partial charge on any atom is 1.00 e. The Morgan fingerprint density at radius 2 is 0.765 bits per heavy atom. The van der Waals surface area contributed by atoms with E-state index in [1.54, 1.807) is 0 Å². The molecular formula is C22H28Na2O8S2. The number of hydrogen-bond acceptors (Lipinski definition) is 8. The van der Waals surface area contributed by atoms with Gasteiger partial charge >= 0.3 is 59.1 Å². The molecule has 0 aromatic heterocycles. The summed E-state index contributed by atoms with van der Waals surface area (Å²) in [4.78, 5) is -0.521. The minimum Gasteiger partial charge on any atom is -0.744 e. The van der Waals surface area contributed by atoms with E-state index >= 15 is 0 Å². The minimum atomic E-state index is -4.42. The van der Waals surface area contributed by atoms with Gasteiger partial charge in [-0.05, 0) is 61.4 Å². The van der Waals surface area contributed by atoms with Gasteiger partial charge in [-0.3, -0.25) is 0 Å². The van der Waals surface area contributed by atoms with Crippen LogP contribution in [0.1, 0.15) is 51.4 Å². The molecule has 0 unspecified atom stereocenters. The molecule has 0 heterocycles. The second-order valence-electron chi connectivity index (χ2n) is 7.38. The van der Waals surface area contributed by atoms with E-state index in [4.69, 9.17) is 9.47 Å². The van der Waals surface area contributed by atoms with E-state index in [1.165, 1.54) is 48.5 Å². The third-order valence-corrected chi connectivity index (χ3v) is 6.50. The van der Waals surface area contributed by atoms with Crippen molar-refractivity contribution in [3.63, 3.8) is 0 Å². The summed E-state index contributed by atoms with van der Waals surface area (Å²) in [6.45, 7) is 1.09. The zero-order valence-electron chi connectivity index (χ0n) is 19.8. The molecular weight excluding hydrogens is 502 g/mol. The molecule has 0 aliphatic rings. The normalized spacial score (nSPS) is 11.2. The first-order valence-corrected chi connectivity index (χ1v) is 13.4. The number of benzene rings is 2. The van der Waals surface area contributed by atoms with Crippen LogP contribution in [0.25, 0.3) is 0 Å². The van der Waals surface area contributed by atoms with Crippen LogP contribution >= 0.6 is 0 Å². The van der Waals surface area contributed by atoms with Crippen molar-refractivity contribution in [2.75, 3.05) is 13.2 Å². The van der Waals surface area contributed by atoms with Gasteiger partial charge in [0.05, 0.1) is 23.0 Å². The fourth-order valence-corrected chi connectivity index (χ4v) is 3.99. The predicted octanol–water partition coefficient (Wildman–Crippen LogP) is -1.92. The monoisotopic (exact) mass is 530 g/mol. The molecule has 0 fully saturated rings. The van der Waals surface area contributed by atoms with Gasteiger partial charge < -0.3 is 18.6 Å². The van der Waals surface area contributed by atoms with Gasteiger partial charge in [0.2, 0.25) is 0 Å². The number of unbranched alkanes of at least 4 members (excludes halogenated alkanes) is 7. The summed E-state index contributed by atoms with van der Waals surface area (Å²) in [6.07, 6.45) is 8.41. The maximum atomic E-state index is 10.9. The average molecular weight is 531 g/mol. The van der Waals surface area contributed by atoms with Crippen LogP contribution in [-0.4, -0.2) is 39.2 Å². The van der Waals surface area contributed by atoms with Crippen LogP contribution in [0.2, 0.25) is 0 Å². The molecule has 0 atom stereocenters. The maximum absolute atomic E-state index is 10.9. The second-order valence-corrected chi connectivity index (χ2v) is 10.1. The zero-order chi connectivity index (χ0) is 23.5. The van der Waals surface area contributed by atoms with E-state index in [0.29, 0.717) is 24.7 Å². The predicted molar refractivity (Wildman–Crippen MR) is 117 cm³/mol. The van der Waals surface area contributed by atoms with E-state index in [1.807, 2.05) is 0 Å². The Morgan fingerprint density at radius 3 is 1.03 bits per heavy atom. The Balaban J connectivity index is 0.00000544. The molecule has 0 N–H and O–H groups in total. The molecule has 2 aromatic carbocycles. The molecule has 34 heavy (non-hydrogen) atoms. The van der Waals surface area contributed by atoms with Crippen molar-refractivity contribution in [3.8, 4) is 11.5 Å². The van der Waals surface area contributed by atoms with E-state index in [-0.39, 0.29) is 68.9 Å². The van der Waals surface area contributed by atoms with Crippen molar-refractivity contribution < 1.29 is 94.5 Å². The van der Waals surface area contributed by atoms with Crippen LogP contribution in [0.3, 0.4) is 0 Å². The Bertz CT molecular complexity index is 940. The largest absolute Gasteiger partial charge is 1.00 e. The summed E-state index contributed by atoms with van der Waals surface area (Å²) in [5.74, 6) is 1.09. The molecule has 0 aliphatic carbocycles. The summed E-state index contributed by atoms with van der Waals surface area (Å²) in [5, 5.41) is 0. The standard InChI is InChI=1S/C22H30O8S2.2Na/c23-31(24,25)21-13-9-19(10-14-21)29-17-7-5-3-1-2-4-6-8-18-30-20-11-15-22(16-12-20)32(26,27)28;;/h9-16H,1-8,17-18H2,(H,23,24,25)(H,26,27,28);;/q;2*+1/p-2. The van der Waals surface area contributed by atoms with Gasteiger partial charge in [-0.25, -0.2) is 16.8 Å². The summed E-state index contributed by atoms with van der Waals surface area (Å²) in [7, 11) is -8.85. The molecule has 12 heteroatoms. The van der Waals surface area contributed by atoms with E-state index in [9.17, 15) is 25.9 Å². The number of hydrogen-bond donors (Lipinski definition) is 0. The third-order valence-electron chi connectivity index (χ3n) is 4.80. The van der Waals surface area contributed by atoms with Gasteiger partial charge in [-0.2, -0.15) is 0 Å². The van der Waals surface area contributed by atoms with Crippen molar-refractivity contribution in [2.24, 2.45) is 0 Å². The molecule has 0 bridgehead atoms. The van der Waals surface area contributed by atoms with E-state index in [0.717, 1.165) is 51.4 Å². The average Bonchev–Trinajstić information content (AvgIpc) is 2.74. The first-order chi connectivity index (χ1) is 15.2. The van der Waals surface area contributed by atoms with Gasteiger partial charge in [-0.1, -0.05) is 38.5 Å². The molecule has 0 radical (unpaired) electrons. The van der Waals surface area contributed by atoms with Crippen LogP contribution in [0, 0.1) is 0 Å². The van der Waals surface area contributed by atoms with Crippen LogP contribution in [0.5, 0.6) is 11.5 Å². The molecule has 0 amide bonds. The van der Waals surface area contributed by atoms with Crippen LogP contribution < -0.4 is 68.6 Å². The van der Waals surface area contributed by atoms with Crippen LogP contribution in [0.4, 0.5) is 0 Å². The Morgan fingerprint density at radius 1 is 0.500 bits per heavy atom. The van der Waals surface area contributed by atoms with Gasteiger partial charge in [0, 0.05) is 0 Å². The smallest absolute Gasteiger partial charge is 0.744 e. The van der Waals surface area contributed by atoms with Gasteiger partial charge in [-0.15, -0.1) is 0 Å². The summed E-state index contributed by atoms with van der Waals surface area (Å²) < 4.78 is 76.3. The second kappa shape index (κ2) is 17.3. The summed E-state index contributed by atoms with van der Waals surface area (Å²) in [5.41, 5.74) is 0. The first-order valence-electron chi connectivity index (χ1n) is 10.5. The summed E-state index contributed by atoms with van der Waals surface area (Å²) >= 11 is 0. The molecule has 0 spiro atoms. The molecule has 2 aromatic rings. The third kappa shape index (κ3) is 13.8. The molecule has 8 nitrogen and oxygen atoms in total. The Labute approximate surface area is 246 Å². The van der Waals surface area contributed by atoms with Gasteiger partial charge in [0.1, 0.15) is 31.7 Å². The minimum absolute atomic E-state index is 0. The quantitative estimate of drug-likeness (QED) is 0.148. The van der Waals surface area contributed by atoms with Crippen LogP contribution in [-0.2, 0) is 20.2 Å². The molecule has 178 valence electrons. The van der Waals surface area contributed by atoms with Gasteiger partial charge in [0.25, 0.3) is 0 Å². The first kappa shape index (κ1) is 33.9. The topological polar surface area (TPSA) is 133 Å². The number of rotatable bonds is 15. The van der Waals surface area contributed by atoms with E-state index in [2.05, 4.69) is 0 Å².